The molecule has 1 N–H and O–H groups in total. The molecule has 0 saturated heterocycles. The van der Waals surface area contributed by atoms with Crippen LogP contribution in [0.1, 0.15) is 31.1 Å². The second-order valence-electron chi connectivity index (χ2n) is 5.74. The molecule has 132 valence electrons. The smallest absolute Gasteiger partial charge is 0.338 e. The molecular formula is C19H20BrNO4. The van der Waals surface area contributed by atoms with Crippen LogP contribution in [-0.4, -0.2) is 24.1 Å². The summed E-state index contributed by atoms with van der Waals surface area (Å²) >= 11 is 3.36. The molecule has 0 aliphatic rings. The maximum Gasteiger partial charge on any atom is 0.338 e. The summed E-state index contributed by atoms with van der Waals surface area (Å²) in [6.45, 7) is 5.25. The first-order valence-electron chi connectivity index (χ1n) is 7.89. The zero-order valence-corrected chi connectivity index (χ0v) is 15.9. The number of ether oxygens (including phenoxy) is 2. The second-order valence-corrected chi connectivity index (χ2v) is 6.65. The molecule has 0 aliphatic carbocycles. The Kier molecular flexibility index (Phi) is 6.58. The Balaban J connectivity index is 1.94. The van der Waals surface area contributed by atoms with E-state index in [9.17, 15) is 9.59 Å². The number of hydrogen-bond donors (Lipinski definition) is 1. The Hall–Kier alpha value is -2.34. The number of esters is 1. The van der Waals surface area contributed by atoms with Gasteiger partial charge >= 0.3 is 5.97 Å². The molecule has 0 heterocycles. The van der Waals surface area contributed by atoms with Gasteiger partial charge in [-0.3, -0.25) is 4.79 Å². The Morgan fingerprint density at radius 3 is 2.32 bits per heavy atom. The molecule has 1 amide bonds. The number of anilines is 1. The van der Waals surface area contributed by atoms with Crippen molar-refractivity contribution in [1.82, 2.24) is 0 Å². The van der Waals surface area contributed by atoms with Crippen molar-refractivity contribution in [2.45, 2.75) is 33.0 Å². The van der Waals surface area contributed by atoms with Gasteiger partial charge in [0.1, 0.15) is 5.75 Å². The standard InChI is InChI=1S/C19H20BrNO4/c1-12(2)24-19(23)14-7-9-16(10-8-14)21-18(22)13(3)25-17-6-4-5-15(20)11-17/h4-13H,1-3H3,(H,21,22)/t13-/m1/s1. The quantitative estimate of drug-likeness (QED) is 0.722. The van der Waals surface area contributed by atoms with E-state index in [4.69, 9.17) is 9.47 Å². The Labute approximate surface area is 155 Å². The lowest BCUT2D eigenvalue weighted by molar-refractivity contribution is -0.122. The summed E-state index contributed by atoms with van der Waals surface area (Å²) < 4.78 is 11.6. The number of halogens is 1. The van der Waals surface area contributed by atoms with Gasteiger partial charge in [-0.1, -0.05) is 22.0 Å². The summed E-state index contributed by atoms with van der Waals surface area (Å²) in [6, 6.07) is 13.8. The number of carbonyl (C=O) groups is 2. The van der Waals surface area contributed by atoms with Crippen LogP contribution in [0, 0.1) is 0 Å². The van der Waals surface area contributed by atoms with Crippen molar-refractivity contribution < 1.29 is 19.1 Å². The third kappa shape index (κ3) is 5.90. The van der Waals surface area contributed by atoms with Crippen LogP contribution < -0.4 is 10.1 Å². The van der Waals surface area contributed by atoms with Crippen molar-refractivity contribution in [3.63, 3.8) is 0 Å². The van der Waals surface area contributed by atoms with Gasteiger partial charge in [-0.15, -0.1) is 0 Å². The maximum atomic E-state index is 12.2. The van der Waals surface area contributed by atoms with Gasteiger partial charge in [0.2, 0.25) is 0 Å². The van der Waals surface area contributed by atoms with Crippen LogP contribution in [0.2, 0.25) is 0 Å². The van der Waals surface area contributed by atoms with E-state index < -0.39 is 6.10 Å². The highest BCUT2D eigenvalue weighted by molar-refractivity contribution is 9.10. The molecule has 2 aromatic rings. The molecule has 5 nitrogen and oxygen atoms in total. The number of amides is 1. The van der Waals surface area contributed by atoms with Crippen molar-refractivity contribution in [1.29, 1.82) is 0 Å². The van der Waals surface area contributed by atoms with E-state index in [1.807, 2.05) is 12.1 Å². The van der Waals surface area contributed by atoms with Crippen molar-refractivity contribution in [2.75, 3.05) is 5.32 Å². The van der Waals surface area contributed by atoms with Gasteiger partial charge in [-0.05, 0) is 63.2 Å². The van der Waals surface area contributed by atoms with E-state index in [1.54, 1.807) is 57.2 Å². The Bertz CT molecular complexity index is 743. The van der Waals surface area contributed by atoms with Gasteiger partial charge in [0.25, 0.3) is 5.91 Å². The van der Waals surface area contributed by atoms with Crippen molar-refractivity contribution >= 4 is 33.5 Å². The predicted molar refractivity (Wildman–Crippen MR) is 99.9 cm³/mol. The molecule has 2 aromatic carbocycles. The van der Waals surface area contributed by atoms with Gasteiger partial charge < -0.3 is 14.8 Å². The molecule has 0 aliphatic heterocycles. The molecule has 0 aromatic heterocycles. The average Bonchev–Trinajstić information content (AvgIpc) is 2.54. The third-order valence-corrected chi connectivity index (χ3v) is 3.70. The maximum absolute atomic E-state index is 12.2. The number of carbonyl (C=O) groups excluding carboxylic acids is 2. The molecule has 0 saturated carbocycles. The summed E-state index contributed by atoms with van der Waals surface area (Å²) in [6.07, 6.45) is -0.845. The fourth-order valence-electron chi connectivity index (χ4n) is 2.01. The molecule has 6 heteroatoms. The van der Waals surface area contributed by atoms with Crippen molar-refractivity contribution in [2.24, 2.45) is 0 Å². The van der Waals surface area contributed by atoms with Gasteiger partial charge in [-0.2, -0.15) is 0 Å². The van der Waals surface area contributed by atoms with Crippen molar-refractivity contribution in [3.05, 3.63) is 58.6 Å². The molecule has 0 bridgehead atoms. The van der Waals surface area contributed by atoms with Crippen molar-refractivity contribution in [3.8, 4) is 5.75 Å². The van der Waals surface area contributed by atoms with Crippen LogP contribution in [0.25, 0.3) is 0 Å². The first kappa shape index (κ1) is 19.0. The lowest BCUT2D eigenvalue weighted by Gasteiger charge is -2.15. The summed E-state index contributed by atoms with van der Waals surface area (Å²) in [5, 5.41) is 2.76. The molecule has 2 rings (SSSR count). The van der Waals surface area contributed by atoms with Crippen LogP contribution in [0.5, 0.6) is 5.75 Å². The van der Waals surface area contributed by atoms with Crippen LogP contribution in [0.3, 0.4) is 0 Å². The molecule has 1 atom stereocenters. The fourth-order valence-corrected chi connectivity index (χ4v) is 2.39. The largest absolute Gasteiger partial charge is 0.481 e. The minimum atomic E-state index is -0.667. The van der Waals surface area contributed by atoms with E-state index in [-0.39, 0.29) is 18.0 Å². The molecule has 25 heavy (non-hydrogen) atoms. The van der Waals surface area contributed by atoms with E-state index >= 15 is 0 Å². The topological polar surface area (TPSA) is 64.6 Å². The average molecular weight is 406 g/mol. The Morgan fingerprint density at radius 2 is 1.72 bits per heavy atom. The number of hydrogen-bond acceptors (Lipinski definition) is 4. The minimum Gasteiger partial charge on any atom is -0.481 e. The second kappa shape index (κ2) is 8.67. The SMILES string of the molecule is CC(C)OC(=O)c1ccc(NC(=O)[C@@H](C)Oc2cccc(Br)c2)cc1. The van der Waals surface area contributed by atoms with Crippen LogP contribution in [0.4, 0.5) is 5.69 Å². The van der Waals surface area contributed by atoms with Gasteiger partial charge in [0.15, 0.2) is 6.10 Å². The summed E-state index contributed by atoms with van der Waals surface area (Å²) in [4.78, 5) is 24.0. The number of rotatable bonds is 6. The highest BCUT2D eigenvalue weighted by atomic mass is 79.9. The lowest BCUT2D eigenvalue weighted by atomic mass is 10.2. The van der Waals surface area contributed by atoms with E-state index in [0.29, 0.717) is 17.0 Å². The van der Waals surface area contributed by atoms with E-state index in [2.05, 4.69) is 21.2 Å². The molecule has 0 unspecified atom stereocenters. The van der Waals surface area contributed by atoms with E-state index in [0.717, 1.165) is 4.47 Å². The zero-order chi connectivity index (χ0) is 18.4. The highest BCUT2D eigenvalue weighted by Crippen LogP contribution is 2.19. The Morgan fingerprint density at radius 1 is 1.04 bits per heavy atom. The summed E-state index contributed by atoms with van der Waals surface area (Å²) in [5.74, 6) is -0.0690. The first-order chi connectivity index (χ1) is 11.8. The number of nitrogens with one attached hydrogen (secondary N) is 1. The number of benzene rings is 2. The van der Waals surface area contributed by atoms with Crippen LogP contribution >= 0.6 is 15.9 Å². The van der Waals surface area contributed by atoms with Crippen LogP contribution in [-0.2, 0) is 9.53 Å². The molecule has 0 radical (unpaired) electrons. The van der Waals surface area contributed by atoms with Gasteiger partial charge in [-0.25, -0.2) is 4.79 Å². The molecule has 0 spiro atoms. The fraction of sp³-hybridized carbons (Fsp3) is 0.263. The van der Waals surface area contributed by atoms with Gasteiger partial charge in [0, 0.05) is 10.2 Å². The first-order valence-corrected chi connectivity index (χ1v) is 8.68. The normalized spacial score (nSPS) is 11.7. The molecular weight excluding hydrogens is 386 g/mol. The lowest BCUT2D eigenvalue weighted by Crippen LogP contribution is -2.30. The zero-order valence-electron chi connectivity index (χ0n) is 14.3. The molecule has 0 fully saturated rings. The summed E-state index contributed by atoms with van der Waals surface area (Å²) in [7, 11) is 0. The van der Waals surface area contributed by atoms with E-state index in [1.165, 1.54) is 0 Å². The van der Waals surface area contributed by atoms with Crippen LogP contribution in [0.15, 0.2) is 53.0 Å². The third-order valence-electron chi connectivity index (χ3n) is 3.21. The predicted octanol–water partition coefficient (Wildman–Crippen LogP) is 4.42. The minimum absolute atomic E-state index is 0.178. The summed E-state index contributed by atoms with van der Waals surface area (Å²) in [5.41, 5.74) is 1.01. The highest BCUT2D eigenvalue weighted by Gasteiger charge is 2.15. The monoisotopic (exact) mass is 405 g/mol. The van der Waals surface area contributed by atoms with Gasteiger partial charge in [0.05, 0.1) is 11.7 Å².